The molecule has 2 atom stereocenters. The Hall–Kier alpha value is -1.47. The van der Waals surface area contributed by atoms with Gasteiger partial charge in [0.2, 0.25) is 5.91 Å². The van der Waals surface area contributed by atoms with E-state index in [0.29, 0.717) is 19.1 Å². The van der Waals surface area contributed by atoms with Crippen LogP contribution in [-0.2, 0) is 18.4 Å². The molecule has 2 rings (SSSR count). The highest BCUT2D eigenvalue weighted by molar-refractivity contribution is 5.78. The molecule has 2 unspecified atom stereocenters. The smallest absolute Gasteiger partial charge is 0.234 e. The molecule has 7 heteroatoms. The standard InChI is InChI=1S/C15H28N6O/c1-11(13-7-5-6-8-16-13)17-15(22)10-20(3)9-14-19-18-12(2)21(14)4/h11,13,16H,5-10H2,1-4H3,(H,17,22). The van der Waals surface area contributed by atoms with Crippen LogP contribution in [0.15, 0.2) is 0 Å². The van der Waals surface area contributed by atoms with Crippen molar-refractivity contribution in [2.45, 2.75) is 51.7 Å². The van der Waals surface area contributed by atoms with E-state index in [-0.39, 0.29) is 11.9 Å². The second-order valence-corrected chi connectivity index (χ2v) is 6.31. The van der Waals surface area contributed by atoms with Gasteiger partial charge in [-0.25, -0.2) is 0 Å². The van der Waals surface area contributed by atoms with Crippen molar-refractivity contribution in [2.24, 2.45) is 7.05 Å². The number of piperidine rings is 1. The Bertz CT molecular complexity index is 494. The van der Waals surface area contributed by atoms with Crippen LogP contribution in [0.5, 0.6) is 0 Å². The number of aromatic nitrogens is 3. The summed E-state index contributed by atoms with van der Waals surface area (Å²) in [5.74, 6) is 1.81. The zero-order valence-electron chi connectivity index (χ0n) is 14.1. The van der Waals surface area contributed by atoms with Gasteiger partial charge in [0, 0.05) is 19.1 Å². The second kappa shape index (κ2) is 7.69. The van der Waals surface area contributed by atoms with Gasteiger partial charge in [0.1, 0.15) is 11.6 Å². The van der Waals surface area contributed by atoms with E-state index in [1.807, 2.05) is 30.5 Å². The molecule has 0 spiro atoms. The Morgan fingerprint density at radius 1 is 1.50 bits per heavy atom. The van der Waals surface area contributed by atoms with Crippen LogP contribution in [0.2, 0.25) is 0 Å². The Morgan fingerprint density at radius 3 is 2.86 bits per heavy atom. The Labute approximate surface area is 132 Å². The molecule has 1 aromatic heterocycles. The lowest BCUT2D eigenvalue weighted by Gasteiger charge is -2.30. The topological polar surface area (TPSA) is 75.1 Å². The van der Waals surface area contributed by atoms with Crippen molar-refractivity contribution in [3.63, 3.8) is 0 Å². The van der Waals surface area contributed by atoms with Crippen LogP contribution >= 0.6 is 0 Å². The van der Waals surface area contributed by atoms with Gasteiger partial charge in [-0.05, 0) is 40.3 Å². The zero-order valence-corrected chi connectivity index (χ0v) is 14.1. The summed E-state index contributed by atoms with van der Waals surface area (Å²) in [5, 5.41) is 14.7. The van der Waals surface area contributed by atoms with Gasteiger partial charge in [0.25, 0.3) is 0 Å². The van der Waals surface area contributed by atoms with Crippen LogP contribution in [0, 0.1) is 6.92 Å². The van der Waals surface area contributed by atoms with Gasteiger partial charge in [0.05, 0.1) is 13.1 Å². The third-order valence-corrected chi connectivity index (χ3v) is 4.35. The van der Waals surface area contributed by atoms with E-state index in [1.54, 1.807) is 0 Å². The maximum atomic E-state index is 12.2. The van der Waals surface area contributed by atoms with Crippen molar-refractivity contribution in [1.29, 1.82) is 0 Å². The fourth-order valence-electron chi connectivity index (χ4n) is 2.84. The first kappa shape index (κ1) is 16.9. The monoisotopic (exact) mass is 308 g/mol. The third kappa shape index (κ3) is 4.51. The Balaban J connectivity index is 1.77. The second-order valence-electron chi connectivity index (χ2n) is 6.31. The van der Waals surface area contributed by atoms with Gasteiger partial charge in [-0.3, -0.25) is 9.69 Å². The van der Waals surface area contributed by atoms with E-state index in [2.05, 4.69) is 27.8 Å². The summed E-state index contributed by atoms with van der Waals surface area (Å²) in [7, 11) is 3.86. The van der Waals surface area contributed by atoms with Crippen LogP contribution in [0.3, 0.4) is 0 Å². The fraction of sp³-hybridized carbons (Fsp3) is 0.800. The lowest BCUT2D eigenvalue weighted by atomic mass is 9.99. The van der Waals surface area contributed by atoms with Gasteiger partial charge in [0.15, 0.2) is 0 Å². The van der Waals surface area contributed by atoms with Crippen molar-refractivity contribution >= 4 is 5.91 Å². The summed E-state index contributed by atoms with van der Waals surface area (Å²) in [6, 6.07) is 0.558. The van der Waals surface area contributed by atoms with E-state index in [1.165, 1.54) is 12.8 Å². The highest BCUT2D eigenvalue weighted by Gasteiger charge is 2.21. The van der Waals surface area contributed by atoms with Gasteiger partial charge in [-0.15, -0.1) is 10.2 Å². The summed E-state index contributed by atoms with van der Waals surface area (Å²) in [6.45, 7) is 6.02. The molecule has 1 aliphatic rings. The van der Waals surface area contributed by atoms with Gasteiger partial charge in [-0.1, -0.05) is 6.42 Å². The number of nitrogens with zero attached hydrogens (tertiary/aromatic N) is 4. The van der Waals surface area contributed by atoms with Crippen molar-refractivity contribution in [1.82, 2.24) is 30.3 Å². The minimum Gasteiger partial charge on any atom is -0.351 e. The molecular weight excluding hydrogens is 280 g/mol. The van der Waals surface area contributed by atoms with E-state index in [9.17, 15) is 4.79 Å². The predicted molar refractivity (Wildman–Crippen MR) is 85.3 cm³/mol. The van der Waals surface area contributed by atoms with E-state index in [4.69, 9.17) is 0 Å². The molecule has 2 N–H and O–H groups in total. The van der Waals surface area contributed by atoms with E-state index < -0.39 is 0 Å². The van der Waals surface area contributed by atoms with Gasteiger partial charge >= 0.3 is 0 Å². The number of nitrogens with one attached hydrogen (secondary N) is 2. The van der Waals surface area contributed by atoms with Gasteiger partial charge < -0.3 is 15.2 Å². The largest absolute Gasteiger partial charge is 0.351 e. The first-order valence-corrected chi connectivity index (χ1v) is 8.03. The van der Waals surface area contributed by atoms with Crippen LogP contribution in [-0.4, -0.2) is 57.8 Å². The van der Waals surface area contributed by atoms with Crippen molar-refractivity contribution in [3.8, 4) is 0 Å². The fourth-order valence-corrected chi connectivity index (χ4v) is 2.84. The molecule has 0 bridgehead atoms. The Kier molecular flexibility index (Phi) is 5.90. The molecule has 124 valence electrons. The molecule has 22 heavy (non-hydrogen) atoms. The molecule has 0 aliphatic carbocycles. The number of carbonyl (C=O) groups is 1. The number of aryl methyl sites for hydroxylation is 1. The number of hydrogen-bond donors (Lipinski definition) is 2. The summed E-state index contributed by atoms with van der Waals surface area (Å²) in [4.78, 5) is 14.1. The van der Waals surface area contributed by atoms with Crippen LogP contribution in [0.4, 0.5) is 0 Å². The summed E-state index contributed by atoms with van der Waals surface area (Å²) in [5.41, 5.74) is 0. The molecule has 1 fully saturated rings. The molecule has 1 aliphatic heterocycles. The van der Waals surface area contributed by atoms with E-state index >= 15 is 0 Å². The van der Waals surface area contributed by atoms with E-state index in [0.717, 1.165) is 24.6 Å². The number of hydrogen-bond acceptors (Lipinski definition) is 5. The lowest BCUT2D eigenvalue weighted by Crippen LogP contribution is -2.51. The summed E-state index contributed by atoms with van der Waals surface area (Å²) < 4.78 is 1.95. The molecule has 0 saturated carbocycles. The molecular formula is C15H28N6O. The van der Waals surface area contributed by atoms with Crippen LogP contribution in [0.25, 0.3) is 0 Å². The number of amides is 1. The predicted octanol–water partition coefficient (Wildman–Crippen LogP) is 0.202. The summed E-state index contributed by atoms with van der Waals surface area (Å²) in [6.07, 6.45) is 3.61. The molecule has 1 aromatic rings. The highest BCUT2D eigenvalue weighted by atomic mass is 16.2. The minimum absolute atomic E-state index is 0.0567. The molecule has 2 heterocycles. The number of carbonyl (C=O) groups excluding carboxylic acids is 1. The van der Waals surface area contributed by atoms with Crippen molar-refractivity contribution in [2.75, 3.05) is 20.1 Å². The van der Waals surface area contributed by atoms with Gasteiger partial charge in [-0.2, -0.15) is 0 Å². The first-order valence-electron chi connectivity index (χ1n) is 8.03. The van der Waals surface area contributed by atoms with Crippen LogP contribution < -0.4 is 10.6 Å². The zero-order chi connectivity index (χ0) is 16.1. The average Bonchev–Trinajstić information content (AvgIpc) is 2.80. The maximum Gasteiger partial charge on any atom is 0.234 e. The Morgan fingerprint density at radius 2 is 2.27 bits per heavy atom. The average molecular weight is 308 g/mol. The van der Waals surface area contributed by atoms with Crippen LogP contribution in [0.1, 0.15) is 37.8 Å². The molecule has 1 amide bonds. The first-order chi connectivity index (χ1) is 10.5. The lowest BCUT2D eigenvalue weighted by molar-refractivity contribution is -0.122. The summed E-state index contributed by atoms with van der Waals surface area (Å²) >= 11 is 0. The molecule has 0 radical (unpaired) electrons. The van der Waals surface area contributed by atoms with Crippen molar-refractivity contribution in [3.05, 3.63) is 11.6 Å². The quantitative estimate of drug-likeness (QED) is 0.785. The molecule has 1 saturated heterocycles. The highest BCUT2D eigenvalue weighted by Crippen LogP contribution is 2.10. The SMILES string of the molecule is Cc1nnc(CN(C)CC(=O)NC(C)C2CCCCN2)n1C. The van der Waals surface area contributed by atoms with Crippen molar-refractivity contribution < 1.29 is 4.79 Å². The third-order valence-electron chi connectivity index (χ3n) is 4.35. The molecule has 7 nitrogen and oxygen atoms in total. The minimum atomic E-state index is 0.0567. The molecule has 0 aromatic carbocycles. The normalized spacial score (nSPS) is 20.1. The maximum absolute atomic E-state index is 12.2. The number of likely N-dealkylation sites (N-methyl/N-ethyl adjacent to an activating group) is 1. The number of rotatable bonds is 6.